The van der Waals surface area contributed by atoms with Crippen molar-refractivity contribution in [1.82, 2.24) is 10.3 Å². The van der Waals surface area contributed by atoms with E-state index >= 15 is 0 Å². The van der Waals surface area contributed by atoms with Crippen LogP contribution in [0.25, 0.3) is 0 Å². The molecule has 1 rings (SSSR count). The van der Waals surface area contributed by atoms with Gasteiger partial charge in [0.25, 0.3) is 0 Å². The van der Waals surface area contributed by atoms with E-state index in [9.17, 15) is 4.79 Å². The number of pyridine rings is 1. The van der Waals surface area contributed by atoms with Crippen LogP contribution in [0.4, 0.5) is 5.69 Å². The van der Waals surface area contributed by atoms with Crippen molar-refractivity contribution in [2.45, 2.75) is 26.3 Å². The van der Waals surface area contributed by atoms with Gasteiger partial charge in [0.1, 0.15) is 6.04 Å². The van der Waals surface area contributed by atoms with E-state index in [-0.39, 0.29) is 11.9 Å². The Balaban J connectivity index is 2.36. The maximum atomic E-state index is 11.8. The van der Waals surface area contributed by atoms with Gasteiger partial charge in [-0.1, -0.05) is 0 Å². The highest BCUT2D eigenvalue weighted by atomic mass is 16.5. The Morgan fingerprint density at radius 1 is 1.45 bits per heavy atom. The summed E-state index contributed by atoms with van der Waals surface area (Å²) in [6, 6.07) is 3.29. The summed E-state index contributed by atoms with van der Waals surface area (Å²) in [4.78, 5) is 16.0. The lowest BCUT2D eigenvalue weighted by Crippen LogP contribution is -2.38. The van der Waals surface area contributed by atoms with Gasteiger partial charge in [-0.05, 0) is 26.3 Å². The third-order valence-corrected chi connectivity index (χ3v) is 2.63. The van der Waals surface area contributed by atoms with Crippen molar-refractivity contribution < 1.29 is 14.3 Å². The summed E-state index contributed by atoms with van der Waals surface area (Å²) in [5, 5.41) is 5.93. The van der Waals surface area contributed by atoms with Gasteiger partial charge in [0.15, 0.2) is 0 Å². The molecule has 20 heavy (non-hydrogen) atoms. The van der Waals surface area contributed by atoms with Crippen molar-refractivity contribution in [2.75, 3.05) is 32.2 Å². The van der Waals surface area contributed by atoms with Crippen molar-refractivity contribution >= 4 is 11.6 Å². The van der Waals surface area contributed by atoms with Crippen LogP contribution >= 0.6 is 0 Å². The summed E-state index contributed by atoms with van der Waals surface area (Å²) >= 11 is 0. The molecule has 0 aromatic carbocycles. The van der Waals surface area contributed by atoms with Crippen molar-refractivity contribution in [3.05, 3.63) is 18.3 Å². The molecule has 0 radical (unpaired) electrons. The van der Waals surface area contributed by atoms with Gasteiger partial charge in [0.2, 0.25) is 11.8 Å². The summed E-state index contributed by atoms with van der Waals surface area (Å²) in [7, 11) is 1.64. The molecule has 1 unspecified atom stereocenters. The van der Waals surface area contributed by atoms with Crippen molar-refractivity contribution in [3.8, 4) is 5.88 Å². The van der Waals surface area contributed by atoms with Gasteiger partial charge in [-0.3, -0.25) is 4.79 Å². The first kappa shape index (κ1) is 16.2. The standard InChI is InChI=1S/C14H23N3O3/c1-4-20-13-7-6-12(10-16-13)17-11(2)14(18)15-8-5-9-19-3/h6-7,10-11,17H,4-5,8-9H2,1-3H3,(H,15,18). The Morgan fingerprint density at radius 2 is 2.25 bits per heavy atom. The van der Waals surface area contributed by atoms with E-state index in [0.29, 0.717) is 25.6 Å². The maximum Gasteiger partial charge on any atom is 0.242 e. The molecule has 0 aliphatic rings. The molecule has 6 nitrogen and oxygen atoms in total. The minimum Gasteiger partial charge on any atom is -0.478 e. The largest absolute Gasteiger partial charge is 0.478 e. The number of hydrogen-bond acceptors (Lipinski definition) is 5. The van der Waals surface area contributed by atoms with Crippen LogP contribution in [0.2, 0.25) is 0 Å². The second-order valence-electron chi connectivity index (χ2n) is 4.32. The Labute approximate surface area is 119 Å². The first-order chi connectivity index (χ1) is 9.67. The monoisotopic (exact) mass is 281 g/mol. The number of ether oxygens (including phenoxy) is 2. The van der Waals surface area contributed by atoms with E-state index in [1.54, 1.807) is 19.4 Å². The Morgan fingerprint density at radius 3 is 2.85 bits per heavy atom. The number of anilines is 1. The summed E-state index contributed by atoms with van der Waals surface area (Å²) in [5.74, 6) is 0.532. The molecule has 1 heterocycles. The van der Waals surface area contributed by atoms with E-state index in [1.807, 2.05) is 19.9 Å². The number of hydrogen-bond donors (Lipinski definition) is 2. The Bertz CT molecular complexity index is 395. The molecule has 0 spiro atoms. The van der Waals surface area contributed by atoms with E-state index in [0.717, 1.165) is 12.1 Å². The summed E-state index contributed by atoms with van der Waals surface area (Å²) in [5.41, 5.74) is 0.785. The van der Waals surface area contributed by atoms with Gasteiger partial charge < -0.3 is 20.1 Å². The lowest BCUT2D eigenvalue weighted by molar-refractivity contribution is -0.121. The van der Waals surface area contributed by atoms with Gasteiger partial charge in [0, 0.05) is 26.3 Å². The normalized spacial score (nSPS) is 11.8. The predicted molar refractivity (Wildman–Crippen MR) is 78.0 cm³/mol. The van der Waals surface area contributed by atoms with E-state index in [2.05, 4.69) is 15.6 Å². The van der Waals surface area contributed by atoms with Crippen LogP contribution in [-0.4, -0.2) is 43.8 Å². The minimum absolute atomic E-state index is 0.0463. The smallest absolute Gasteiger partial charge is 0.242 e. The van der Waals surface area contributed by atoms with Gasteiger partial charge in [0.05, 0.1) is 18.5 Å². The number of carbonyl (C=O) groups is 1. The zero-order valence-corrected chi connectivity index (χ0v) is 12.3. The first-order valence-electron chi connectivity index (χ1n) is 6.79. The van der Waals surface area contributed by atoms with E-state index < -0.39 is 0 Å². The molecule has 0 bridgehead atoms. The fraction of sp³-hybridized carbons (Fsp3) is 0.571. The van der Waals surface area contributed by atoms with Crippen LogP contribution in [0, 0.1) is 0 Å². The molecule has 1 amide bonds. The maximum absolute atomic E-state index is 11.8. The molecular weight excluding hydrogens is 258 g/mol. The third-order valence-electron chi connectivity index (χ3n) is 2.63. The molecule has 0 aliphatic carbocycles. The highest BCUT2D eigenvalue weighted by Gasteiger charge is 2.11. The summed E-state index contributed by atoms with van der Waals surface area (Å²) < 4.78 is 10.2. The molecule has 0 aliphatic heterocycles. The zero-order valence-electron chi connectivity index (χ0n) is 12.3. The molecule has 1 aromatic heterocycles. The molecule has 112 valence electrons. The van der Waals surface area contributed by atoms with Gasteiger partial charge in [-0.2, -0.15) is 0 Å². The number of methoxy groups -OCH3 is 1. The molecule has 1 aromatic rings. The highest BCUT2D eigenvalue weighted by molar-refractivity contribution is 5.84. The van der Waals surface area contributed by atoms with Crippen molar-refractivity contribution in [1.29, 1.82) is 0 Å². The fourth-order valence-electron chi connectivity index (χ4n) is 1.60. The summed E-state index contributed by atoms with van der Waals surface area (Å²) in [6.45, 7) is 5.55. The number of nitrogens with zero attached hydrogens (tertiary/aromatic N) is 1. The number of rotatable bonds is 9. The average molecular weight is 281 g/mol. The van der Waals surface area contributed by atoms with Crippen LogP contribution < -0.4 is 15.4 Å². The number of aromatic nitrogens is 1. The number of amides is 1. The molecule has 0 fully saturated rings. The SMILES string of the molecule is CCOc1ccc(NC(C)C(=O)NCCCOC)cn1. The van der Waals surface area contributed by atoms with Gasteiger partial charge in [-0.25, -0.2) is 4.98 Å². The van der Waals surface area contributed by atoms with Crippen LogP contribution in [-0.2, 0) is 9.53 Å². The highest BCUT2D eigenvalue weighted by Crippen LogP contribution is 2.12. The second kappa shape index (κ2) is 9.14. The number of carbonyl (C=O) groups excluding carboxylic acids is 1. The predicted octanol–water partition coefficient (Wildman–Crippen LogP) is 1.43. The van der Waals surface area contributed by atoms with Crippen molar-refractivity contribution in [2.24, 2.45) is 0 Å². The van der Waals surface area contributed by atoms with Gasteiger partial charge >= 0.3 is 0 Å². The van der Waals surface area contributed by atoms with Gasteiger partial charge in [-0.15, -0.1) is 0 Å². The Hall–Kier alpha value is -1.82. The second-order valence-corrected chi connectivity index (χ2v) is 4.32. The molecule has 0 saturated carbocycles. The molecule has 1 atom stereocenters. The van der Waals surface area contributed by atoms with Crippen molar-refractivity contribution in [3.63, 3.8) is 0 Å². The zero-order chi connectivity index (χ0) is 14.8. The first-order valence-corrected chi connectivity index (χ1v) is 6.79. The number of nitrogens with one attached hydrogen (secondary N) is 2. The molecular formula is C14H23N3O3. The van der Waals surface area contributed by atoms with E-state index in [4.69, 9.17) is 9.47 Å². The topological polar surface area (TPSA) is 72.5 Å². The Kier molecular flexibility index (Phi) is 7.42. The minimum atomic E-state index is -0.322. The van der Waals surface area contributed by atoms with Crippen LogP contribution in [0.5, 0.6) is 5.88 Å². The van der Waals surface area contributed by atoms with Crippen LogP contribution in [0.3, 0.4) is 0 Å². The third kappa shape index (κ3) is 5.88. The summed E-state index contributed by atoms with van der Waals surface area (Å²) in [6.07, 6.45) is 2.46. The van der Waals surface area contributed by atoms with Crippen LogP contribution in [0.15, 0.2) is 18.3 Å². The molecule has 2 N–H and O–H groups in total. The molecule has 0 saturated heterocycles. The lowest BCUT2D eigenvalue weighted by atomic mass is 10.3. The fourth-order valence-corrected chi connectivity index (χ4v) is 1.60. The average Bonchev–Trinajstić information content (AvgIpc) is 2.45. The quantitative estimate of drug-likeness (QED) is 0.670. The molecule has 6 heteroatoms. The lowest BCUT2D eigenvalue weighted by Gasteiger charge is -2.15. The van der Waals surface area contributed by atoms with Crippen LogP contribution in [0.1, 0.15) is 20.3 Å². The van der Waals surface area contributed by atoms with E-state index in [1.165, 1.54) is 0 Å².